The highest BCUT2D eigenvalue weighted by atomic mass is 32.2. The minimum absolute atomic E-state index is 0.000162. The van der Waals surface area contributed by atoms with E-state index >= 15 is 0 Å². The molecule has 0 spiro atoms. The van der Waals surface area contributed by atoms with Gasteiger partial charge in [-0.25, -0.2) is 8.42 Å². The van der Waals surface area contributed by atoms with Gasteiger partial charge in [0.2, 0.25) is 11.8 Å². The fraction of sp³-hybridized carbons (Fsp3) is 0.391. The van der Waals surface area contributed by atoms with Crippen LogP contribution in [0.1, 0.15) is 19.6 Å². The average Bonchev–Trinajstić information content (AvgIpc) is 3.40. The lowest BCUT2D eigenvalue weighted by Crippen LogP contribution is -2.49. The van der Waals surface area contributed by atoms with Crippen LogP contribution < -0.4 is 5.32 Å². The van der Waals surface area contributed by atoms with Crippen LogP contribution in [-0.4, -0.2) is 60.7 Å². The van der Waals surface area contributed by atoms with E-state index in [-0.39, 0.29) is 36.1 Å². The van der Waals surface area contributed by atoms with Crippen molar-refractivity contribution in [3.8, 4) is 0 Å². The quantitative estimate of drug-likeness (QED) is 0.562. The number of hydrogen-bond acceptors (Lipinski definition) is 6. The molecule has 2 unspecified atom stereocenters. The molecule has 2 amide bonds. The van der Waals surface area contributed by atoms with Crippen molar-refractivity contribution in [3.05, 3.63) is 54.6 Å². The van der Waals surface area contributed by atoms with E-state index < -0.39 is 21.5 Å². The highest BCUT2D eigenvalue weighted by Gasteiger charge is 2.28. The molecule has 0 bridgehead atoms. The van der Waals surface area contributed by atoms with Gasteiger partial charge in [-0.15, -0.1) is 0 Å². The molecule has 0 aliphatic carbocycles. The van der Waals surface area contributed by atoms with Crippen LogP contribution in [0.5, 0.6) is 0 Å². The average molecular weight is 474 g/mol. The summed E-state index contributed by atoms with van der Waals surface area (Å²) >= 11 is 0. The van der Waals surface area contributed by atoms with Gasteiger partial charge in [0.25, 0.3) is 0 Å². The van der Waals surface area contributed by atoms with Gasteiger partial charge in [0.1, 0.15) is 18.1 Å². The number of para-hydroxylation sites is 1. The Balaban J connectivity index is 1.53. The number of ether oxygens (including phenoxy) is 1. The van der Waals surface area contributed by atoms with Crippen molar-refractivity contribution in [1.82, 2.24) is 14.8 Å². The molecule has 0 saturated carbocycles. The van der Waals surface area contributed by atoms with Crippen LogP contribution in [0.15, 0.2) is 58.2 Å². The van der Waals surface area contributed by atoms with E-state index in [0.717, 1.165) is 0 Å². The van der Waals surface area contributed by atoms with Gasteiger partial charge in [0, 0.05) is 30.2 Å². The molecule has 10 heteroatoms. The van der Waals surface area contributed by atoms with Crippen molar-refractivity contribution in [2.75, 3.05) is 18.8 Å². The highest BCUT2D eigenvalue weighted by molar-refractivity contribution is 7.92. The zero-order valence-corrected chi connectivity index (χ0v) is 19.4. The number of sulfone groups is 1. The van der Waals surface area contributed by atoms with Crippen molar-refractivity contribution >= 4 is 32.6 Å². The summed E-state index contributed by atoms with van der Waals surface area (Å²) in [5.74, 6) is -0.912. The van der Waals surface area contributed by atoms with E-state index in [9.17, 15) is 18.0 Å². The number of carbonyl (C=O) groups is 2. The Morgan fingerprint density at radius 3 is 2.52 bits per heavy atom. The first-order valence-electron chi connectivity index (χ1n) is 10.8. The number of rotatable bonds is 7. The molecule has 4 rings (SSSR count). The largest absolute Gasteiger partial charge is 0.467 e. The zero-order chi connectivity index (χ0) is 23.6. The minimum atomic E-state index is -3.94. The molecule has 1 saturated heterocycles. The number of amides is 2. The molecule has 0 radical (unpaired) electrons. The summed E-state index contributed by atoms with van der Waals surface area (Å²) < 4.78 is 38.7. The Labute approximate surface area is 192 Å². The third-order valence-electron chi connectivity index (χ3n) is 5.53. The van der Waals surface area contributed by atoms with Crippen LogP contribution in [0.4, 0.5) is 0 Å². The molecule has 3 heterocycles. The van der Waals surface area contributed by atoms with Crippen LogP contribution in [0, 0.1) is 0 Å². The maximum absolute atomic E-state index is 13.1. The molecule has 1 N–H and O–H groups in total. The third-order valence-corrected chi connectivity index (χ3v) is 7.16. The van der Waals surface area contributed by atoms with Crippen LogP contribution in [0.3, 0.4) is 0 Å². The van der Waals surface area contributed by atoms with E-state index in [1.807, 2.05) is 13.8 Å². The molecule has 3 aromatic rings. The fourth-order valence-electron chi connectivity index (χ4n) is 4.12. The molecule has 1 aliphatic heterocycles. The molecule has 33 heavy (non-hydrogen) atoms. The smallest absolute Gasteiger partial charge is 0.242 e. The number of furan rings is 1. The second kappa shape index (κ2) is 9.40. The molecule has 176 valence electrons. The number of aromatic nitrogens is 1. The maximum atomic E-state index is 13.1. The number of fused-ring (bicyclic) bond motifs is 1. The summed E-state index contributed by atoms with van der Waals surface area (Å²) in [7, 11) is -3.94. The summed E-state index contributed by atoms with van der Waals surface area (Å²) in [6.07, 6.45) is 2.81. The van der Waals surface area contributed by atoms with Gasteiger partial charge >= 0.3 is 0 Å². The van der Waals surface area contributed by atoms with E-state index in [1.54, 1.807) is 45.9 Å². The Morgan fingerprint density at radius 2 is 1.82 bits per heavy atom. The van der Waals surface area contributed by atoms with Crippen LogP contribution >= 0.6 is 0 Å². The summed E-state index contributed by atoms with van der Waals surface area (Å²) in [5, 5.41) is 3.04. The second-order valence-corrected chi connectivity index (χ2v) is 10.3. The number of nitrogens with zero attached hydrogens (tertiary/aromatic N) is 2. The Kier molecular flexibility index (Phi) is 6.57. The SMILES string of the molecule is CC1CN(C(=O)Cn2cc(S(=O)(=O)CC(=O)NCc3ccco3)c3ccccc32)CC(C)O1. The van der Waals surface area contributed by atoms with E-state index in [1.165, 1.54) is 12.5 Å². The molecule has 2 aromatic heterocycles. The molecule has 1 aromatic carbocycles. The predicted molar refractivity (Wildman–Crippen MR) is 121 cm³/mol. The van der Waals surface area contributed by atoms with Crippen molar-refractivity contribution < 1.29 is 27.2 Å². The normalized spacial score (nSPS) is 19.0. The number of carbonyl (C=O) groups excluding carboxylic acids is 2. The first kappa shape index (κ1) is 23.1. The Morgan fingerprint density at radius 1 is 1.09 bits per heavy atom. The Hall–Kier alpha value is -3.11. The van der Waals surface area contributed by atoms with Crippen molar-refractivity contribution in [1.29, 1.82) is 0 Å². The zero-order valence-electron chi connectivity index (χ0n) is 18.6. The van der Waals surface area contributed by atoms with Gasteiger partial charge < -0.3 is 23.9 Å². The molecule has 9 nitrogen and oxygen atoms in total. The topological polar surface area (TPSA) is 111 Å². The maximum Gasteiger partial charge on any atom is 0.242 e. The lowest BCUT2D eigenvalue weighted by Gasteiger charge is -2.35. The van der Waals surface area contributed by atoms with Crippen molar-refractivity contribution in [2.45, 2.75) is 44.0 Å². The molecular formula is C23H27N3O6S. The number of benzene rings is 1. The van der Waals surface area contributed by atoms with Crippen LogP contribution in [0.2, 0.25) is 0 Å². The van der Waals surface area contributed by atoms with Gasteiger partial charge in [-0.1, -0.05) is 18.2 Å². The lowest BCUT2D eigenvalue weighted by molar-refractivity contribution is -0.143. The number of nitrogens with one attached hydrogen (secondary N) is 1. The summed E-state index contributed by atoms with van der Waals surface area (Å²) in [6.45, 7) is 4.92. The highest BCUT2D eigenvalue weighted by Crippen LogP contribution is 2.27. The first-order chi connectivity index (χ1) is 15.7. The summed E-state index contributed by atoms with van der Waals surface area (Å²) in [6, 6.07) is 10.3. The van der Waals surface area contributed by atoms with Gasteiger partial charge in [-0.05, 0) is 32.0 Å². The van der Waals surface area contributed by atoms with Crippen LogP contribution in [0.25, 0.3) is 10.9 Å². The van der Waals surface area contributed by atoms with E-state index in [4.69, 9.17) is 9.15 Å². The van der Waals surface area contributed by atoms with Crippen molar-refractivity contribution in [3.63, 3.8) is 0 Å². The van der Waals surface area contributed by atoms with Gasteiger partial charge in [0.05, 0.1) is 29.9 Å². The number of morpholine rings is 1. The molecule has 1 aliphatic rings. The monoisotopic (exact) mass is 473 g/mol. The standard InChI is InChI=1S/C23H27N3O6S/c1-16-11-26(12-17(2)32-16)23(28)14-25-13-21(19-7-3-4-8-20(19)25)33(29,30)15-22(27)24-10-18-6-5-9-31-18/h3-9,13,16-17H,10-12,14-15H2,1-2H3,(H,24,27). The molecule has 2 atom stereocenters. The molecule has 1 fully saturated rings. The molecular weight excluding hydrogens is 446 g/mol. The van der Waals surface area contributed by atoms with Gasteiger partial charge in [-0.3, -0.25) is 9.59 Å². The van der Waals surface area contributed by atoms with Crippen LogP contribution in [-0.2, 0) is 37.3 Å². The minimum Gasteiger partial charge on any atom is -0.467 e. The fourth-order valence-corrected chi connectivity index (χ4v) is 5.52. The number of hydrogen-bond donors (Lipinski definition) is 1. The summed E-state index contributed by atoms with van der Waals surface area (Å²) in [4.78, 5) is 27.0. The predicted octanol–water partition coefficient (Wildman–Crippen LogP) is 1.96. The van der Waals surface area contributed by atoms with Crippen molar-refractivity contribution in [2.24, 2.45) is 0 Å². The van der Waals surface area contributed by atoms with E-state index in [0.29, 0.717) is 29.8 Å². The van der Waals surface area contributed by atoms with Gasteiger partial charge in [-0.2, -0.15) is 0 Å². The van der Waals surface area contributed by atoms with E-state index in [2.05, 4.69) is 5.32 Å². The summed E-state index contributed by atoms with van der Waals surface area (Å²) in [5.41, 5.74) is 0.620. The van der Waals surface area contributed by atoms with Gasteiger partial charge in [0.15, 0.2) is 9.84 Å². The second-order valence-electron chi connectivity index (χ2n) is 8.31. The third kappa shape index (κ3) is 5.28. The Bertz CT molecular complexity index is 1240. The first-order valence-corrected chi connectivity index (χ1v) is 12.4. The lowest BCUT2D eigenvalue weighted by atomic mass is 10.2.